The first-order chi connectivity index (χ1) is 11.5. The number of aliphatic imine (C=N–C) groups is 1. The van der Waals surface area contributed by atoms with Crippen LogP contribution in [0, 0.1) is 18.3 Å². The van der Waals surface area contributed by atoms with E-state index in [0.717, 1.165) is 17.8 Å². The first kappa shape index (κ1) is 18.2. The Hall–Kier alpha value is -2.16. The molecule has 2 rings (SSSR count). The van der Waals surface area contributed by atoms with Gasteiger partial charge in [-0.3, -0.25) is 0 Å². The van der Waals surface area contributed by atoms with Crippen molar-refractivity contribution in [3.8, 4) is 6.07 Å². The average molecular weight is 360 g/mol. The summed E-state index contributed by atoms with van der Waals surface area (Å²) in [5.41, 5.74) is 1.99. The Kier molecular flexibility index (Phi) is 6.13. The molecule has 0 radical (unpaired) electrons. The van der Waals surface area contributed by atoms with Crippen molar-refractivity contribution >= 4 is 34.4 Å². The van der Waals surface area contributed by atoms with E-state index < -0.39 is 10.8 Å². The zero-order valence-electron chi connectivity index (χ0n) is 13.8. The number of halogens is 1. The minimum atomic E-state index is -1.52. The summed E-state index contributed by atoms with van der Waals surface area (Å²) in [5.74, 6) is 0. The standard InChI is InChI=1S/C18H18ClN3OS/c1-4-22(3)12-21-16-10-15(19)18(9-13(16)2)24(23)17-8-6-5-7-14(17)11-20/h5-10,12H,4H2,1-3H3. The Labute approximate surface area is 149 Å². The maximum atomic E-state index is 12.9. The van der Waals surface area contributed by atoms with Gasteiger partial charge in [0, 0.05) is 13.6 Å². The van der Waals surface area contributed by atoms with Gasteiger partial charge in [-0.05, 0) is 43.7 Å². The quantitative estimate of drug-likeness (QED) is 0.590. The molecule has 1 atom stereocenters. The van der Waals surface area contributed by atoms with Crippen LogP contribution in [0.15, 0.2) is 51.2 Å². The van der Waals surface area contributed by atoms with Crippen molar-refractivity contribution in [3.05, 3.63) is 52.5 Å². The Morgan fingerprint density at radius 1 is 1.33 bits per heavy atom. The second-order valence-electron chi connectivity index (χ2n) is 5.26. The van der Waals surface area contributed by atoms with Crippen molar-refractivity contribution in [1.82, 2.24) is 4.90 Å². The SMILES string of the molecule is CCN(C)C=Nc1cc(Cl)c(S(=O)c2ccccc2C#N)cc1C. The molecule has 0 bridgehead atoms. The van der Waals surface area contributed by atoms with Gasteiger partial charge in [-0.25, -0.2) is 9.20 Å². The molecule has 2 aromatic carbocycles. The monoisotopic (exact) mass is 359 g/mol. The van der Waals surface area contributed by atoms with Crippen molar-refractivity contribution in [2.45, 2.75) is 23.6 Å². The second-order valence-corrected chi connectivity index (χ2v) is 7.09. The molecular weight excluding hydrogens is 342 g/mol. The van der Waals surface area contributed by atoms with E-state index in [1.165, 1.54) is 0 Å². The molecule has 0 aliphatic heterocycles. The van der Waals surface area contributed by atoms with Gasteiger partial charge in [-0.2, -0.15) is 5.26 Å². The van der Waals surface area contributed by atoms with Gasteiger partial charge in [0.25, 0.3) is 0 Å². The number of hydrogen-bond acceptors (Lipinski definition) is 3. The first-order valence-corrected chi connectivity index (χ1v) is 8.96. The Balaban J connectivity index is 2.42. The predicted octanol–water partition coefficient (Wildman–Crippen LogP) is 4.30. The predicted molar refractivity (Wildman–Crippen MR) is 98.5 cm³/mol. The summed E-state index contributed by atoms with van der Waals surface area (Å²) in [6.45, 7) is 4.78. The van der Waals surface area contributed by atoms with Crippen molar-refractivity contribution in [1.29, 1.82) is 5.26 Å². The molecule has 0 N–H and O–H groups in total. The molecule has 0 fully saturated rings. The lowest BCUT2D eigenvalue weighted by molar-refractivity contribution is 0.552. The van der Waals surface area contributed by atoms with E-state index in [1.54, 1.807) is 42.7 Å². The van der Waals surface area contributed by atoms with E-state index in [2.05, 4.69) is 11.1 Å². The lowest BCUT2D eigenvalue weighted by atomic mass is 10.2. The lowest BCUT2D eigenvalue weighted by Crippen LogP contribution is -2.14. The van der Waals surface area contributed by atoms with E-state index in [-0.39, 0.29) is 0 Å². The molecular formula is C18H18ClN3OS. The maximum absolute atomic E-state index is 12.9. The Morgan fingerprint density at radius 3 is 2.71 bits per heavy atom. The molecule has 0 heterocycles. The maximum Gasteiger partial charge on any atom is 0.100 e. The van der Waals surface area contributed by atoms with Gasteiger partial charge in [0.05, 0.1) is 43.2 Å². The Morgan fingerprint density at radius 2 is 2.04 bits per heavy atom. The Bertz CT molecular complexity index is 843. The lowest BCUT2D eigenvalue weighted by Gasteiger charge is -2.11. The van der Waals surface area contributed by atoms with Crippen LogP contribution in [0.3, 0.4) is 0 Å². The summed E-state index contributed by atoms with van der Waals surface area (Å²) in [7, 11) is 0.414. The molecule has 0 aliphatic rings. The molecule has 0 spiro atoms. The fraction of sp³-hybridized carbons (Fsp3) is 0.222. The molecule has 124 valence electrons. The number of nitriles is 1. The molecule has 0 amide bonds. The van der Waals surface area contributed by atoms with Crippen molar-refractivity contribution in [2.24, 2.45) is 4.99 Å². The third-order valence-corrected chi connectivity index (χ3v) is 5.47. The van der Waals surface area contributed by atoms with Gasteiger partial charge in [-0.1, -0.05) is 23.7 Å². The highest BCUT2D eigenvalue weighted by Gasteiger charge is 2.16. The fourth-order valence-corrected chi connectivity index (χ4v) is 3.65. The van der Waals surface area contributed by atoms with Crippen LogP contribution in [-0.4, -0.2) is 29.0 Å². The average Bonchev–Trinajstić information content (AvgIpc) is 2.61. The highest BCUT2D eigenvalue weighted by molar-refractivity contribution is 7.85. The van der Waals surface area contributed by atoms with Gasteiger partial charge >= 0.3 is 0 Å². The molecule has 0 saturated carbocycles. The van der Waals surface area contributed by atoms with Crippen molar-refractivity contribution in [3.63, 3.8) is 0 Å². The summed E-state index contributed by atoms with van der Waals surface area (Å²) < 4.78 is 12.9. The van der Waals surface area contributed by atoms with Crippen LogP contribution in [0.5, 0.6) is 0 Å². The molecule has 0 aliphatic carbocycles. The van der Waals surface area contributed by atoms with E-state index >= 15 is 0 Å². The number of hydrogen-bond donors (Lipinski definition) is 0. The highest BCUT2D eigenvalue weighted by atomic mass is 35.5. The summed E-state index contributed by atoms with van der Waals surface area (Å²) in [4.78, 5) is 7.30. The number of benzene rings is 2. The van der Waals surface area contributed by atoms with Gasteiger partial charge in [0.15, 0.2) is 0 Å². The largest absolute Gasteiger partial charge is 0.366 e. The minimum Gasteiger partial charge on any atom is -0.366 e. The molecule has 2 aromatic rings. The van der Waals surface area contributed by atoms with Crippen LogP contribution in [0.1, 0.15) is 18.1 Å². The number of nitrogens with zero attached hydrogens (tertiary/aromatic N) is 3. The van der Waals surface area contributed by atoms with Crippen molar-refractivity contribution < 1.29 is 4.21 Å². The molecule has 24 heavy (non-hydrogen) atoms. The minimum absolute atomic E-state index is 0.373. The van der Waals surface area contributed by atoms with Crippen LogP contribution >= 0.6 is 11.6 Å². The highest BCUT2D eigenvalue weighted by Crippen LogP contribution is 2.32. The second kappa shape index (κ2) is 8.09. The molecule has 0 aromatic heterocycles. The van der Waals surface area contributed by atoms with Gasteiger partial charge in [-0.15, -0.1) is 0 Å². The summed E-state index contributed by atoms with van der Waals surface area (Å²) in [6, 6.07) is 12.4. The summed E-state index contributed by atoms with van der Waals surface area (Å²) >= 11 is 6.33. The van der Waals surface area contributed by atoms with Crippen LogP contribution in [0.4, 0.5) is 5.69 Å². The molecule has 1 unspecified atom stereocenters. The summed E-state index contributed by atoms with van der Waals surface area (Å²) in [6.07, 6.45) is 1.74. The van der Waals surface area contributed by atoms with E-state index in [1.807, 2.05) is 25.8 Å². The van der Waals surface area contributed by atoms with Crippen LogP contribution < -0.4 is 0 Å². The third kappa shape index (κ3) is 4.02. The normalized spacial score (nSPS) is 12.1. The van der Waals surface area contributed by atoms with E-state index in [0.29, 0.717) is 20.4 Å². The zero-order valence-corrected chi connectivity index (χ0v) is 15.4. The number of rotatable bonds is 5. The van der Waals surface area contributed by atoms with E-state index in [4.69, 9.17) is 11.6 Å². The number of aryl methyl sites for hydroxylation is 1. The van der Waals surface area contributed by atoms with Crippen LogP contribution in [-0.2, 0) is 10.8 Å². The van der Waals surface area contributed by atoms with Gasteiger partial charge < -0.3 is 4.90 Å². The van der Waals surface area contributed by atoms with Gasteiger partial charge in [0.1, 0.15) is 6.07 Å². The molecule has 6 heteroatoms. The topological polar surface area (TPSA) is 56.5 Å². The van der Waals surface area contributed by atoms with Gasteiger partial charge in [0.2, 0.25) is 0 Å². The van der Waals surface area contributed by atoms with Crippen LogP contribution in [0.2, 0.25) is 5.02 Å². The zero-order chi connectivity index (χ0) is 17.7. The van der Waals surface area contributed by atoms with Crippen molar-refractivity contribution in [2.75, 3.05) is 13.6 Å². The van der Waals surface area contributed by atoms with E-state index in [9.17, 15) is 9.47 Å². The third-order valence-electron chi connectivity index (χ3n) is 3.55. The fourth-order valence-electron chi connectivity index (χ4n) is 2.01. The molecule has 4 nitrogen and oxygen atoms in total. The first-order valence-electron chi connectivity index (χ1n) is 7.43. The summed E-state index contributed by atoms with van der Waals surface area (Å²) in [5, 5.41) is 9.56. The molecule has 0 saturated heterocycles. The van der Waals surface area contributed by atoms with Crippen LogP contribution in [0.25, 0.3) is 0 Å². The smallest absolute Gasteiger partial charge is 0.100 e.